The average Bonchev–Trinajstić information content (AvgIpc) is 3.40. The van der Waals surface area contributed by atoms with Gasteiger partial charge < -0.3 is 0 Å². The molecular weight excluding hydrogens is 380 g/mol. The van der Waals surface area contributed by atoms with Gasteiger partial charge in [-0.05, 0) is 35.7 Å². The van der Waals surface area contributed by atoms with Crippen LogP contribution in [0.25, 0.3) is 19.5 Å². The summed E-state index contributed by atoms with van der Waals surface area (Å²) in [6.45, 7) is 7.56. The number of hydrogen-bond acceptors (Lipinski definition) is 5. The zero-order chi connectivity index (χ0) is 18.3. The first kappa shape index (κ1) is 17.3. The number of carbonyl (C=O) groups excluding carboxylic acids is 2. The van der Waals surface area contributed by atoms with Gasteiger partial charge in [0.25, 0.3) is 0 Å². The summed E-state index contributed by atoms with van der Waals surface area (Å²) in [5, 5.41) is 3.99. The van der Waals surface area contributed by atoms with Crippen molar-refractivity contribution in [3.63, 3.8) is 0 Å². The summed E-state index contributed by atoms with van der Waals surface area (Å²) in [6, 6.07) is 7.96. The highest BCUT2D eigenvalue weighted by atomic mass is 32.1. The van der Waals surface area contributed by atoms with Crippen molar-refractivity contribution < 1.29 is 9.59 Å². The lowest BCUT2D eigenvalue weighted by Gasteiger charge is -2.23. The molecule has 4 rings (SSSR count). The van der Waals surface area contributed by atoms with Gasteiger partial charge in [0.05, 0.1) is 9.75 Å². The van der Waals surface area contributed by atoms with Crippen LogP contribution in [0.15, 0.2) is 60.3 Å². The minimum Gasteiger partial charge on any atom is -0.293 e. The first-order chi connectivity index (χ1) is 12.6. The van der Waals surface area contributed by atoms with Gasteiger partial charge in [0.1, 0.15) is 5.41 Å². The summed E-state index contributed by atoms with van der Waals surface area (Å²) < 4.78 is 0. The van der Waals surface area contributed by atoms with E-state index in [1.807, 2.05) is 35.0 Å². The zero-order valence-electron chi connectivity index (χ0n) is 14.0. The second-order valence-electron chi connectivity index (χ2n) is 6.19. The summed E-state index contributed by atoms with van der Waals surface area (Å²) in [5.74, 6) is -0.167. The van der Waals surface area contributed by atoms with Crippen LogP contribution in [0, 0.1) is 5.41 Å². The Labute approximate surface area is 164 Å². The summed E-state index contributed by atoms with van der Waals surface area (Å²) in [7, 11) is 0. The predicted octanol–water partition coefficient (Wildman–Crippen LogP) is 6.72. The van der Waals surface area contributed by atoms with Gasteiger partial charge in [0.2, 0.25) is 0 Å². The summed E-state index contributed by atoms with van der Waals surface area (Å²) in [5.41, 5.74) is 0.101. The second-order valence-corrected chi connectivity index (χ2v) is 9.11. The number of carbonyl (C=O) groups is 2. The minimum absolute atomic E-state index is 0.0836. The van der Waals surface area contributed by atoms with E-state index in [-0.39, 0.29) is 11.6 Å². The molecule has 0 aromatic carbocycles. The van der Waals surface area contributed by atoms with E-state index in [2.05, 4.69) is 13.2 Å². The van der Waals surface area contributed by atoms with E-state index in [9.17, 15) is 9.59 Å². The van der Waals surface area contributed by atoms with Crippen molar-refractivity contribution in [1.29, 1.82) is 0 Å². The molecule has 0 radical (unpaired) electrons. The fraction of sp³-hybridized carbons (Fsp3) is 0.143. The third kappa shape index (κ3) is 2.35. The number of Topliss-reactive ketones (excluding diaryl/α,β-unsaturated/α-hetero) is 2. The molecule has 0 saturated carbocycles. The fourth-order valence-electron chi connectivity index (χ4n) is 3.56. The van der Waals surface area contributed by atoms with Crippen LogP contribution in [0.3, 0.4) is 0 Å². The summed E-state index contributed by atoms with van der Waals surface area (Å²) in [6.07, 6.45) is 4.02. The van der Waals surface area contributed by atoms with E-state index in [0.29, 0.717) is 24.0 Å². The second kappa shape index (κ2) is 6.58. The Morgan fingerprint density at radius 2 is 1.31 bits per heavy atom. The lowest BCUT2D eigenvalue weighted by Crippen LogP contribution is -2.32. The molecule has 130 valence electrons. The Morgan fingerprint density at radius 1 is 0.846 bits per heavy atom. The third-order valence-electron chi connectivity index (χ3n) is 4.71. The first-order valence-electron chi connectivity index (χ1n) is 8.20. The third-order valence-corrected chi connectivity index (χ3v) is 8.00. The number of fused-ring (bicyclic) bond motifs is 1. The van der Waals surface area contributed by atoms with Crippen LogP contribution in [-0.4, -0.2) is 11.6 Å². The van der Waals surface area contributed by atoms with Gasteiger partial charge in [0.15, 0.2) is 11.6 Å². The molecule has 0 spiro atoms. The van der Waals surface area contributed by atoms with Gasteiger partial charge in [-0.3, -0.25) is 9.59 Å². The van der Waals surface area contributed by atoms with Crippen LogP contribution in [0.2, 0.25) is 0 Å². The van der Waals surface area contributed by atoms with Gasteiger partial charge in [-0.2, -0.15) is 0 Å². The Morgan fingerprint density at radius 3 is 1.65 bits per heavy atom. The smallest absolute Gasteiger partial charge is 0.179 e. The average molecular weight is 397 g/mol. The van der Waals surface area contributed by atoms with Crippen LogP contribution < -0.4 is 0 Å². The minimum atomic E-state index is -1.08. The normalized spacial score (nSPS) is 15.2. The van der Waals surface area contributed by atoms with E-state index >= 15 is 0 Å². The molecule has 0 fully saturated rings. The van der Waals surface area contributed by atoms with E-state index in [1.165, 1.54) is 0 Å². The standard InChI is InChI=1S/C21H16O2S3/c1-3-9-21(10-4-2)19(22)15-16(20(21)23)18(14-8-6-12-25-14)26-17(15)13-7-5-11-24-13/h3-8,11-12H,1-2,9-10H2. The molecule has 3 heterocycles. The molecule has 1 aliphatic rings. The van der Waals surface area contributed by atoms with Gasteiger partial charge in [0, 0.05) is 20.9 Å². The number of hydrogen-bond donors (Lipinski definition) is 0. The highest BCUT2D eigenvalue weighted by molar-refractivity contribution is 7.26. The quantitative estimate of drug-likeness (QED) is 0.342. The molecule has 0 atom stereocenters. The van der Waals surface area contributed by atoms with Crippen molar-refractivity contribution in [2.24, 2.45) is 5.41 Å². The molecule has 0 aliphatic heterocycles. The maximum Gasteiger partial charge on any atom is 0.179 e. The molecule has 0 bridgehead atoms. The summed E-state index contributed by atoms with van der Waals surface area (Å²) >= 11 is 4.73. The molecule has 0 N–H and O–H groups in total. The van der Waals surface area contributed by atoms with Crippen LogP contribution >= 0.6 is 34.0 Å². The van der Waals surface area contributed by atoms with E-state index in [0.717, 1.165) is 19.5 Å². The molecule has 0 saturated heterocycles. The number of rotatable bonds is 6. The van der Waals surface area contributed by atoms with Crippen molar-refractivity contribution >= 4 is 45.6 Å². The molecule has 0 amide bonds. The monoisotopic (exact) mass is 396 g/mol. The Kier molecular flexibility index (Phi) is 4.39. The van der Waals surface area contributed by atoms with Crippen LogP contribution in [0.1, 0.15) is 33.6 Å². The fourth-order valence-corrected chi connectivity index (χ4v) is 6.57. The molecular formula is C21H16O2S3. The van der Waals surface area contributed by atoms with Crippen molar-refractivity contribution in [1.82, 2.24) is 0 Å². The van der Waals surface area contributed by atoms with Crippen LogP contribution in [-0.2, 0) is 0 Å². The Balaban J connectivity index is 2.01. The molecule has 2 nitrogen and oxygen atoms in total. The van der Waals surface area contributed by atoms with Crippen molar-refractivity contribution in [2.75, 3.05) is 0 Å². The topological polar surface area (TPSA) is 34.1 Å². The molecule has 1 aliphatic carbocycles. The largest absolute Gasteiger partial charge is 0.293 e. The molecule has 26 heavy (non-hydrogen) atoms. The molecule has 5 heteroatoms. The lowest BCUT2D eigenvalue weighted by molar-refractivity contribution is 0.0704. The van der Waals surface area contributed by atoms with Gasteiger partial charge in [-0.15, -0.1) is 47.2 Å². The highest BCUT2D eigenvalue weighted by Gasteiger charge is 2.54. The molecule has 0 unspecified atom stereocenters. The zero-order valence-corrected chi connectivity index (χ0v) is 16.4. The number of allylic oxidation sites excluding steroid dienone is 2. The SMILES string of the molecule is C=CCC1(CC=C)C(=O)c2c(-c3cccs3)sc(-c3cccs3)c2C1=O. The van der Waals surface area contributed by atoms with Gasteiger partial charge in [-0.25, -0.2) is 0 Å². The van der Waals surface area contributed by atoms with Crippen molar-refractivity contribution in [3.05, 3.63) is 71.5 Å². The Bertz CT molecular complexity index is 924. The highest BCUT2D eigenvalue weighted by Crippen LogP contribution is 2.54. The van der Waals surface area contributed by atoms with E-state index in [1.54, 1.807) is 46.2 Å². The lowest BCUT2D eigenvalue weighted by atomic mass is 9.76. The number of thiophene rings is 3. The maximum atomic E-state index is 13.5. The first-order valence-corrected chi connectivity index (χ1v) is 10.8. The van der Waals surface area contributed by atoms with Gasteiger partial charge in [-0.1, -0.05) is 24.3 Å². The van der Waals surface area contributed by atoms with Crippen LogP contribution in [0.5, 0.6) is 0 Å². The van der Waals surface area contributed by atoms with Crippen LogP contribution in [0.4, 0.5) is 0 Å². The van der Waals surface area contributed by atoms with Crippen molar-refractivity contribution in [2.45, 2.75) is 12.8 Å². The van der Waals surface area contributed by atoms with Gasteiger partial charge >= 0.3 is 0 Å². The predicted molar refractivity (Wildman–Crippen MR) is 112 cm³/mol. The van der Waals surface area contributed by atoms with Crippen molar-refractivity contribution in [3.8, 4) is 19.5 Å². The molecule has 3 aromatic heterocycles. The van der Waals surface area contributed by atoms with E-state index in [4.69, 9.17) is 0 Å². The van der Waals surface area contributed by atoms with E-state index < -0.39 is 5.41 Å². The summed E-state index contributed by atoms with van der Waals surface area (Å²) in [4.78, 5) is 30.9. The maximum absolute atomic E-state index is 13.5. The molecule has 3 aromatic rings. The Hall–Kier alpha value is -2.08. The number of ketones is 2.